The molecule has 0 aliphatic rings. The van der Waals surface area contributed by atoms with E-state index in [4.69, 9.17) is 0 Å². The minimum absolute atomic E-state index is 0. The van der Waals surface area contributed by atoms with Gasteiger partial charge in [-0.3, -0.25) is 4.79 Å². The molecule has 0 amide bonds. The number of hydrogen-bond donors (Lipinski definition) is 0. The zero-order valence-corrected chi connectivity index (χ0v) is 9.82. The Labute approximate surface area is 98.3 Å². The molecule has 1 aromatic carbocycles. The molecule has 0 saturated carbocycles. The zero-order chi connectivity index (χ0) is 9.03. The second kappa shape index (κ2) is 5.39. The van der Waals surface area contributed by atoms with Gasteiger partial charge in [0.1, 0.15) is 4.90 Å². The van der Waals surface area contributed by atoms with E-state index in [1.165, 1.54) is 12.1 Å². The van der Waals surface area contributed by atoms with Crippen LogP contribution in [0.2, 0.25) is 0 Å². The Bertz CT molecular complexity index is 359. The Morgan fingerprint density at radius 1 is 1.15 bits per heavy atom. The average molecular weight is 209 g/mol. The van der Waals surface area contributed by atoms with E-state index < -0.39 is 10.1 Å². The molecule has 6 heteroatoms. The largest absolute Gasteiger partial charge is 0.345 e. The van der Waals surface area contributed by atoms with Gasteiger partial charge in [0.2, 0.25) is 0 Å². The van der Waals surface area contributed by atoms with Gasteiger partial charge < -0.3 is 4.18 Å². The van der Waals surface area contributed by atoms with Gasteiger partial charge in [-0.2, -0.15) is 8.42 Å². The molecule has 0 spiro atoms. The number of carbonyl (C=O) groups is 1. The van der Waals surface area contributed by atoms with Crippen molar-refractivity contribution in [3.63, 3.8) is 0 Å². The van der Waals surface area contributed by atoms with Crippen molar-refractivity contribution in [2.45, 2.75) is 4.90 Å². The first-order chi connectivity index (χ1) is 5.67. The molecule has 1 radical (unpaired) electrons. The van der Waals surface area contributed by atoms with E-state index in [2.05, 4.69) is 4.18 Å². The van der Waals surface area contributed by atoms with Crippen LogP contribution in [0.3, 0.4) is 0 Å². The molecule has 1 rings (SSSR count). The molecule has 4 nitrogen and oxygen atoms in total. The molecule has 0 N–H and O–H groups in total. The molecule has 0 bridgehead atoms. The molecule has 0 atom stereocenters. The third-order valence-corrected chi connectivity index (χ3v) is 2.38. The average Bonchev–Trinajstić information content (AvgIpc) is 2.06. The summed E-state index contributed by atoms with van der Waals surface area (Å²) in [6.07, 6.45) is 0. The minimum Gasteiger partial charge on any atom is -0.345 e. The summed E-state index contributed by atoms with van der Waals surface area (Å²) < 4.78 is 25.9. The summed E-state index contributed by atoms with van der Waals surface area (Å²) in [5, 5.41) is 0. The van der Waals surface area contributed by atoms with E-state index in [9.17, 15) is 13.2 Å². The minimum atomic E-state index is -3.88. The normalized spacial score (nSPS) is 9.85. The van der Waals surface area contributed by atoms with E-state index in [1.54, 1.807) is 18.2 Å². The first-order valence-electron chi connectivity index (χ1n) is 3.09. The van der Waals surface area contributed by atoms with Crippen molar-refractivity contribution in [3.05, 3.63) is 30.3 Å². The first-order valence-corrected chi connectivity index (χ1v) is 4.49. The van der Waals surface area contributed by atoms with Crippen LogP contribution in [0, 0.1) is 0 Å². The zero-order valence-electron chi connectivity index (χ0n) is 7.01. The Hall–Kier alpha value is -0.360. The summed E-state index contributed by atoms with van der Waals surface area (Å²) in [5.74, 6) is 0. The van der Waals surface area contributed by atoms with Gasteiger partial charge in [0.25, 0.3) is 0 Å². The van der Waals surface area contributed by atoms with E-state index in [0.29, 0.717) is 0 Å². The molecule has 0 unspecified atom stereocenters. The van der Waals surface area contributed by atoms with Crippen LogP contribution in [0.1, 0.15) is 0 Å². The maximum Gasteiger partial charge on any atom is 0.341 e. The summed E-state index contributed by atoms with van der Waals surface area (Å²) in [6.45, 7) is -0.109. The van der Waals surface area contributed by atoms with Gasteiger partial charge in [0.15, 0.2) is 0 Å². The molecular weight excluding hydrogens is 203 g/mol. The van der Waals surface area contributed by atoms with Crippen molar-refractivity contribution in [3.8, 4) is 0 Å². The monoisotopic (exact) mass is 209 g/mol. The van der Waals surface area contributed by atoms with Crippen LogP contribution in [0.4, 0.5) is 0 Å². The predicted octanol–water partition coefficient (Wildman–Crippen LogP) is 0.168. The fourth-order valence-electron chi connectivity index (χ4n) is 0.694. The van der Waals surface area contributed by atoms with Gasteiger partial charge in [0.05, 0.1) is 0 Å². The molecule has 0 heterocycles. The SMILES string of the molecule is O=COS(=O)(=O)c1ccccc1.[Na]. The van der Waals surface area contributed by atoms with Crippen molar-refractivity contribution >= 4 is 46.1 Å². The maximum absolute atomic E-state index is 11.0. The van der Waals surface area contributed by atoms with Crippen molar-refractivity contribution in [2.24, 2.45) is 0 Å². The fourth-order valence-corrected chi connectivity index (χ4v) is 1.40. The van der Waals surface area contributed by atoms with E-state index in [1.807, 2.05) is 0 Å². The first kappa shape index (κ1) is 12.6. The van der Waals surface area contributed by atoms with E-state index in [-0.39, 0.29) is 40.9 Å². The maximum atomic E-state index is 11.0. The topological polar surface area (TPSA) is 60.4 Å². The van der Waals surface area contributed by atoms with Gasteiger partial charge in [0, 0.05) is 29.6 Å². The number of carbonyl (C=O) groups excluding carboxylic acids is 1. The molecule has 0 aliphatic heterocycles. The van der Waals surface area contributed by atoms with Crippen LogP contribution in [-0.4, -0.2) is 44.4 Å². The van der Waals surface area contributed by atoms with Gasteiger partial charge in [-0.15, -0.1) is 0 Å². The number of rotatable bonds is 3. The molecule has 0 aromatic heterocycles. The third-order valence-electron chi connectivity index (χ3n) is 1.20. The van der Waals surface area contributed by atoms with Crippen LogP contribution in [0.5, 0.6) is 0 Å². The molecule has 0 aliphatic carbocycles. The third kappa shape index (κ3) is 3.48. The van der Waals surface area contributed by atoms with E-state index in [0.717, 1.165) is 0 Å². The van der Waals surface area contributed by atoms with Gasteiger partial charge in [-0.1, -0.05) is 18.2 Å². The van der Waals surface area contributed by atoms with Gasteiger partial charge >= 0.3 is 16.6 Å². The van der Waals surface area contributed by atoms with Crippen LogP contribution in [-0.2, 0) is 19.1 Å². The quantitative estimate of drug-likeness (QED) is 0.404. The fraction of sp³-hybridized carbons (Fsp3) is 0. The second-order valence-corrected chi connectivity index (χ2v) is 3.53. The standard InChI is InChI=1S/C7H6O4S.Na/c8-6-11-12(9,10)7-4-2-1-3-5-7;/h1-6H;. The summed E-state index contributed by atoms with van der Waals surface area (Å²) >= 11 is 0. The Morgan fingerprint density at radius 3 is 2.15 bits per heavy atom. The van der Waals surface area contributed by atoms with Crippen molar-refractivity contribution in [1.82, 2.24) is 0 Å². The van der Waals surface area contributed by atoms with Gasteiger partial charge in [-0.05, 0) is 12.1 Å². The number of benzene rings is 1. The molecular formula is C7H6NaO4S. The summed E-state index contributed by atoms with van der Waals surface area (Å²) in [7, 11) is -3.88. The summed E-state index contributed by atoms with van der Waals surface area (Å²) in [5.41, 5.74) is 0. The Kier molecular flexibility index (Phi) is 5.24. The molecule has 1 aromatic rings. The molecule has 65 valence electrons. The molecule has 0 fully saturated rings. The van der Waals surface area contributed by atoms with Crippen LogP contribution in [0.15, 0.2) is 35.2 Å². The Balaban J connectivity index is 0.00000144. The van der Waals surface area contributed by atoms with Crippen LogP contribution in [0.25, 0.3) is 0 Å². The van der Waals surface area contributed by atoms with Crippen LogP contribution >= 0.6 is 0 Å². The Morgan fingerprint density at radius 2 is 1.69 bits per heavy atom. The van der Waals surface area contributed by atoms with Crippen LogP contribution < -0.4 is 0 Å². The second-order valence-electron chi connectivity index (χ2n) is 1.96. The predicted molar refractivity (Wildman–Crippen MR) is 46.5 cm³/mol. The van der Waals surface area contributed by atoms with E-state index >= 15 is 0 Å². The van der Waals surface area contributed by atoms with Crippen molar-refractivity contribution in [1.29, 1.82) is 0 Å². The summed E-state index contributed by atoms with van der Waals surface area (Å²) in [6, 6.07) is 7.44. The number of hydrogen-bond acceptors (Lipinski definition) is 4. The summed E-state index contributed by atoms with van der Waals surface area (Å²) in [4.78, 5) is 9.76. The smallest absolute Gasteiger partial charge is 0.341 e. The molecule has 13 heavy (non-hydrogen) atoms. The van der Waals surface area contributed by atoms with Gasteiger partial charge in [-0.25, -0.2) is 0 Å². The van der Waals surface area contributed by atoms with Crippen molar-refractivity contribution in [2.75, 3.05) is 0 Å². The van der Waals surface area contributed by atoms with Crippen molar-refractivity contribution < 1.29 is 17.4 Å². The molecule has 0 saturated heterocycles.